The Hall–Kier alpha value is -4.17. The molecule has 3 aromatic rings. The summed E-state index contributed by atoms with van der Waals surface area (Å²) < 4.78 is 51.3. The fourth-order valence-electron chi connectivity index (χ4n) is 8.59. The zero-order chi connectivity index (χ0) is 31.7. The molecule has 1 saturated carbocycles. The van der Waals surface area contributed by atoms with Crippen molar-refractivity contribution in [3.63, 3.8) is 0 Å². The van der Waals surface area contributed by atoms with Gasteiger partial charge in [0.25, 0.3) is 5.91 Å². The fraction of sp³-hybridized carbons (Fsp3) is 0.486. The highest BCUT2D eigenvalue weighted by Gasteiger charge is 2.49. The molecule has 5 aliphatic rings. The summed E-state index contributed by atoms with van der Waals surface area (Å²) in [5.74, 6) is -0.770. The van der Waals surface area contributed by atoms with Gasteiger partial charge in [-0.2, -0.15) is 15.2 Å². The van der Waals surface area contributed by atoms with Crippen molar-refractivity contribution in [2.75, 3.05) is 44.2 Å². The summed E-state index contributed by atoms with van der Waals surface area (Å²) >= 11 is 0. The van der Waals surface area contributed by atoms with E-state index >= 15 is 4.39 Å². The van der Waals surface area contributed by atoms with Crippen LogP contribution in [0.1, 0.15) is 49.1 Å². The number of fused-ring (bicyclic) bond motifs is 5. The van der Waals surface area contributed by atoms with Crippen LogP contribution in [0.4, 0.5) is 19.0 Å². The Morgan fingerprint density at radius 2 is 2.02 bits per heavy atom. The fourth-order valence-corrected chi connectivity index (χ4v) is 8.59. The summed E-state index contributed by atoms with van der Waals surface area (Å²) in [5, 5.41) is 9.98. The predicted octanol–water partition coefficient (Wildman–Crippen LogP) is 5.46. The van der Waals surface area contributed by atoms with Crippen LogP contribution >= 0.6 is 0 Å². The van der Waals surface area contributed by atoms with E-state index in [0.29, 0.717) is 41.6 Å². The number of rotatable bonds is 7. The minimum Gasteiger partial charge on any atom is -0.461 e. The lowest BCUT2D eigenvalue weighted by atomic mass is 9.93. The lowest BCUT2D eigenvalue weighted by molar-refractivity contribution is -0.131. The highest BCUT2D eigenvalue weighted by molar-refractivity contribution is 5.94. The van der Waals surface area contributed by atoms with Crippen LogP contribution in [0.5, 0.6) is 6.01 Å². The number of carbonyl (C=O) groups excluding carboxylic acids is 1. The van der Waals surface area contributed by atoms with Crippen molar-refractivity contribution in [3.8, 4) is 23.2 Å². The van der Waals surface area contributed by atoms with Crippen LogP contribution in [-0.2, 0) is 11.2 Å². The number of piperazine rings is 1. The molecule has 0 unspecified atom stereocenters. The van der Waals surface area contributed by atoms with Crippen molar-refractivity contribution >= 4 is 22.6 Å². The van der Waals surface area contributed by atoms with Crippen molar-refractivity contribution in [1.29, 1.82) is 5.26 Å². The van der Waals surface area contributed by atoms with Crippen LogP contribution < -0.4 is 9.64 Å². The van der Waals surface area contributed by atoms with E-state index in [1.54, 1.807) is 6.07 Å². The van der Waals surface area contributed by atoms with E-state index in [0.717, 1.165) is 31.4 Å². The monoisotopic (exact) mass is 628 g/mol. The summed E-state index contributed by atoms with van der Waals surface area (Å²) in [6.07, 6.45) is 3.32. The average molecular weight is 629 g/mol. The number of hydrogen-bond donors (Lipinski definition) is 0. The quantitative estimate of drug-likeness (QED) is 0.321. The van der Waals surface area contributed by atoms with Crippen molar-refractivity contribution in [1.82, 2.24) is 19.8 Å². The number of alkyl halides is 1. The van der Waals surface area contributed by atoms with Crippen molar-refractivity contribution in [2.24, 2.45) is 5.92 Å². The molecular formula is C35H35F3N6O2. The van der Waals surface area contributed by atoms with Gasteiger partial charge in [-0.3, -0.25) is 9.69 Å². The molecule has 3 aliphatic heterocycles. The molecule has 2 aliphatic carbocycles. The van der Waals surface area contributed by atoms with Crippen LogP contribution in [0.15, 0.2) is 42.7 Å². The minimum absolute atomic E-state index is 0.00547. The first-order chi connectivity index (χ1) is 22.3. The van der Waals surface area contributed by atoms with Gasteiger partial charge in [-0.1, -0.05) is 30.8 Å². The molecule has 1 aromatic heterocycles. The molecule has 238 valence electrons. The standard InChI is InChI=1S/C35H35F3N6O2/c1-20(36)33(45)44-13-12-42(18-23(44)8-10-39)32-27-7-6-26(24-4-2-5-25-28-14-21(28)15-29(24)25)30(38)31(27)40-34(41-32)46-19-35-9-3-11-43(35)17-22(37)16-35/h2,4-7,21-23,28H,1,3,8-9,11-19H2/t21-,22+,23-,28-,35-/m0/s1. The number of amides is 1. The lowest BCUT2D eigenvalue weighted by Gasteiger charge is -2.41. The first-order valence-electron chi connectivity index (χ1n) is 16.2. The second kappa shape index (κ2) is 11.0. The van der Waals surface area contributed by atoms with E-state index in [2.05, 4.69) is 28.6 Å². The van der Waals surface area contributed by atoms with Crippen molar-refractivity contribution < 1.29 is 22.7 Å². The third-order valence-electron chi connectivity index (χ3n) is 10.9. The van der Waals surface area contributed by atoms with Crippen LogP contribution in [0.25, 0.3) is 22.0 Å². The van der Waals surface area contributed by atoms with E-state index in [1.165, 1.54) is 22.4 Å². The van der Waals surface area contributed by atoms with Gasteiger partial charge in [0, 0.05) is 43.5 Å². The van der Waals surface area contributed by atoms with Crippen LogP contribution in [0.2, 0.25) is 0 Å². The van der Waals surface area contributed by atoms with E-state index in [9.17, 15) is 18.8 Å². The number of ether oxygens (including phenoxy) is 1. The van der Waals surface area contributed by atoms with Crippen LogP contribution in [0, 0.1) is 23.1 Å². The van der Waals surface area contributed by atoms with E-state index in [1.807, 2.05) is 23.1 Å². The molecule has 2 aromatic carbocycles. The molecule has 11 heteroatoms. The topological polar surface area (TPSA) is 85.6 Å². The minimum atomic E-state index is -1.08. The number of benzene rings is 2. The van der Waals surface area contributed by atoms with Gasteiger partial charge >= 0.3 is 6.01 Å². The Morgan fingerprint density at radius 1 is 1.15 bits per heavy atom. The Balaban J connectivity index is 1.19. The average Bonchev–Trinajstić information content (AvgIpc) is 3.39. The van der Waals surface area contributed by atoms with Crippen LogP contribution in [0.3, 0.4) is 0 Å². The molecule has 46 heavy (non-hydrogen) atoms. The second-order valence-electron chi connectivity index (χ2n) is 13.6. The molecule has 4 fully saturated rings. The van der Waals surface area contributed by atoms with E-state index < -0.39 is 35.3 Å². The first-order valence-corrected chi connectivity index (χ1v) is 16.2. The number of aromatic nitrogens is 2. The summed E-state index contributed by atoms with van der Waals surface area (Å²) in [6.45, 7) is 5.10. The number of halogens is 3. The first kappa shape index (κ1) is 29.2. The van der Waals surface area contributed by atoms with Crippen molar-refractivity contribution in [3.05, 3.63) is 59.7 Å². The molecule has 0 radical (unpaired) electrons. The van der Waals surface area contributed by atoms with Crippen LogP contribution in [-0.4, -0.2) is 82.8 Å². The molecule has 8 nitrogen and oxygen atoms in total. The molecule has 0 bridgehead atoms. The highest BCUT2D eigenvalue weighted by Crippen LogP contribution is 2.58. The van der Waals surface area contributed by atoms with Crippen molar-refractivity contribution in [2.45, 2.75) is 62.2 Å². The summed E-state index contributed by atoms with van der Waals surface area (Å²) in [4.78, 5) is 27.3. The number of nitriles is 1. The maximum absolute atomic E-state index is 16.7. The van der Waals surface area contributed by atoms with Gasteiger partial charge in [0.1, 0.15) is 24.1 Å². The SMILES string of the molecule is C=C(F)C(=O)N1CCN(c2nc(OC[C@@]34CCCN3C[C@H](F)C4)nc3c(F)c(-c4cccc5c4C[C@@H]4C[C@H]54)ccc23)C[C@@H]1CC#N. The van der Waals surface area contributed by atoms with Gasteiger partial charge in [-0.25, -0.2) is 13.2 Å². The van der Waals surface area contributed by atoms with Gasteiger partial charge in [-0.05, 0) is 66.8 Å². The van der Waals surface area contributed by atoms with Gasteiger partial charge in [-0.15, -0.1) is 0 Å². The second-order valence-corrected chi connectivity index (χ2v) is 13.6. The summed E-state index contributed by atoms with van der Waals surface area (Å²) in [7, 11) is 0. The molecule has 1 amide bonds. The number of nitrogens with zero attached hydrogens (tertiary/aromatic N) is 6. The normalized spacial score (nSPS) is 28.1. The summed E-state index contributed by atoms with van der Waals surface area (Å²) in [6, 6.07) is 11.2. The molecule has 8 rings (SSSR count). The Labute approximate surface area is 265 Å². The smallest absolute Gasteiger partial charge is 0.319 e. The largest absolute Gasteiger partial charge is 0.461 e. The van der Waals surface area contributed by atoms with E-state index in [-0.39, 0.29) is 44.2 Å². The number of anilines is 1. The molecule has 4 heterocycles. The van der Waals surface area contributed by atoms with E-state index in [4.69, 9.17) is 9.72 Å². The highest BCUT2D eigenvalue weighted by atomic mass is 19.1. The molecule has 5 atom stereocenters. The van der Waals surface area contributed by atoms with Gasteiger partial charge < -0.3 is 14.5 Å². The Kier molecular flexibility index (Phi) is 6.98. The third kappa shape index (κ3) is 4.72. The lowest BCUT2D eigenvalue weighted by Crippen LogP contribution is -2.55. The Morgan fingerprint density at radius 3 is 2.85 bits per heavy atom. The predicted molar refractivity (Wildman–Crippen MR) is 166 cm³/mol. The number of carbonyl (C=O) groups is 1. The zero-order valence-corrected chi connectivity index (χ0v) is 25.5. The molecule has 0 spiro atoms. The Bertz CT molecular complexity index is 1810. The molecule has 3 saturated heterocycles. The van der Waals surface area contributed by atoms with Gasteiger partial charge in [0.2, 0.25) is 0 Å². The van der Waals surface area contributed by atoms with Gasteiger partial charge in [0.05, 0.1) is 24.1 Å². The summed E-state index contributed by atoms with van der Waals surface area (Å²) in [5.41, 5.74) is 3.52. The van der Waals surface area contributed by atoms with Gasteiger partial charge in [0.15, 0.2) is 11.6 Å². The third-order valence-corrected chi connectivity index (χ3v) is 10.9. The zero-order valence-electron chi connectivity index (χ0n) is 25.5. The molecule has 0 N–H and O–H groups in total. The maximum Gasteiger partial charge on any atom is 0.319 e. The number of hydrogen-bond acceptors (Lipinski definition) is 7. The maximum atomic E-state index is 16.7. The molecular weight excluding hydrogens is 593 g/mol.